The molecular formula is C10H13N3. The van der Waals surface area contributed by atoms with Gasteiger partial charge in [-0.05, 0) is 26.0 Å². The summed E-state index contributed by atoms with van der Waals surface area (Å²) in [6, 6.07) is 3.56. The van der Waals surface area contributed by atoms with E-state index in [4.69, 9.17) is 12.2 Å². The number of rotatable bonds is 2. The minimum atomic E-state index is -0.428. The highest BCUT2D eigenvalue weighted by Crippen LogP contribution is 2.17. The van der Waals surface area contributed by atoms with Gasteiger partial charge in [0.05, 0.1) is 11.2 Å². The van der Waals surface area contributed by atoms with E-state index in [2.05, 4.69) is 16.2 Å². The van der Waals surface area contributed by atoms with Crippen LogP contribution >= 0.6 is 0 Å². The van der Waals surface area contributed by atoms with Gasteiger partial charge < -0.3 is 11.1 Å². The summed E-state index contributed by atoms with van der Waals surface area (Å²) in [7, 11) is 0. The Morgan fingerprint density at radius 3 is 2.85 bits per heavy atom. The standard InChI is InChI=1S/C10H13N3/c1-4-10(2,3)13-9-8(11)6-5-7-12-9/h1,5-7H,11H2,2-3H3,(H,12,13). The third-order valence-corrected chi connectivity index (χ3v) is 1.63. The average Bonchev–Trinajstić information content (AvgIpc) is 2.09. The molecule has 0 aliphatic rings. The van der Waals surface area contributed by atoms with Gasteiger partial charge in [0.15, 0.2) is 0 Å². The van der Waals surface area contributed by atoms with Gasteiger partial charge in [-0.25, -0.2) is 4.98 Å². The number of aromatic nitrogens is 1. The summed E-state index contributed by atoms with van der Waals surface area (Å²) in [6.07, 6.45) is 7.00. The van der Waals surface area contributed by atoms with Crippen molar-refractivity contribution in [3.63, 3.8) is 0 Å². The van der Waals surface area contributed by atoms with Crippen LogP contribution in [0.2, 0.25) is 0 Å². The summed E-state index contributed by atoms with van der Waals surface area (Å²) in [5.41, 5.74) is 5.86. The molecule has 0 aliphatic carbocycles. The first kappa shape index (κ1) is 9.40. The van der Waals surface area contributed by atoms with Gasteiger partial charge in [-0.1, -0.05) is 5.92 Å². The Labute approximate surface area is 78.4 Å². The third kappa shape index (κ3) is 2.38. The molecule has 3 heteroatoms. The van der Waals surface area contributed by atoms with E-state index in [0.717, 1.165) is 0 Å². The van der Waals surface area contributed by atoms with Crippen LogP contribution < -0.4 is 11.1 Å². The van der Waals surface area contributed by atoms with Crippen LogP contribution in [0.15, 0.2) is 18.3 Å². The predicted octanol–water partition coefficient (Wildman–Crippen LogP) is 1.49. The highest BCUT2D eigenvalue weighted by atomic mass is 15.1. The van der Waals surface area contributed by atoms with Crippen molar-refractivity contribution in [1.29, 1.82) is 0 Å². The lowest BCUT2D eigenvalue weighted by molar-refractivity contribution is 0.736. The van der Waals surface area contributed by atoms with Crippen LogP contribution in [0.4, 0.5) is 11.5 Å². The third-order valence-electron chi connectivity index (χ3n) is 1.63. The van der Waals surface area contributed by atoms with Crippen LogP contribution in [-0.4, -0.2) is 10.5 Å². The predicted molar refractivity (Wildman–Crippen MR) is 55.2 cm³/mol. The molecule has 3 nitrogen and oxygen atoms in total. The first-order valence-electron chi connectivity index (χ1n) is 4.01. The molecule has 1 aromatic heterocycles. The Hall–Kier alpha value is -1.69. The van der Waals surface area contributed by atoms with Crippen molar-refractivity contribution in [3.8, 4) is 12.3 Å². The van der Waals surface area contributed by atoms with Crippen molar-refractivity contribution < 1.29 is 0 Å². The van der Waals surface area contributed by atoms with Gasteiger partial charge in [-0.3, -0.25) is 0 Å². The van der Waals surface area contributed by atoms with E-state index in [9.17, 15) is 0 Å². The minimum absolute atomic E-state index is 0.428. The highest BCUT2D eigenvalue weighted by Gasteiger charge is 2.14. The molecule has 1 rings (SSSR count). The number of anilines is 2. The van der Waals surface area contributed by atoms with E-state index in [1.165, 1.54) is 0 Å². The molecule has 0 unspecified atom stereocenters. The summed E-state index contributed by atoms with van der Waals surface area (Å²) in [5.74, 6) is 3.24. The topological polar surface area (TPSA) is 50.9 Å². The van der Waals surface area contributed by atoms with Crippen molar-refractivity contribution in [1.82, 2.24) is 4.98 Å². The monoisotopic (exact) mass is 175 g/mol. The van der Waals surface area contributed by atoms with Gasteiger partial charge >= 0.3 is 0 Å². The van der Waals surface area contributed by atoms with E-state index in [1.54, 1.807) is 18.3 Å². The van der Waals surface area contributed by atoms with Gasteiger partial charge in [-0.15, -0.1) is 6.42 Å². The maximum atomic E-state index is 5.69. The quantitative estimate of drug-likeness (QED) is 0.669. The van der Waals surface area contributed by atoms with Crippen molar-refractivity contribution in [2.24, 2.45) is 0 Å². The molecule has 3 N–H and O–H groups in total. The molecule has 0 fully saturated rings. The van der Waals surface area contributed by atoms with E-state index < -0.39 is 5.54 Å². The van der Waals surface area contributed by atoms with Crippen molar-refractivity contribution in [2.75, 3.05) is 11.1 Å². The molecule has 0 bridgehead atoms. The van der Waals surface area contributed by atoms with Crippen LogP contribution in [0, 0.1) is 12.3 Å². The Kier molecular flexibility index (Phi) is 2.43. The molecule has 0 aliphatic heterocycles. The summed E-state index contributed by atoms with van der Waals surface area (Å²) >= 11 is 0. The Bertz CT molecular complexity index is 336. The number of nitrogens with two attached hydrogens (primary N) is 1. The maximum absolute atomic E-state index is 5.69. The molecule has 0 aromatic carbocycles. The Balaban J connectivity index is 2.88. The zero-order chi connectivity index (χ0) is 9.90. The molecule has 0 amide bonds. The van der Waals surface area contributed by atoms with Gasteiger partial charge in [0, 0.05) is 6.20 Å². The molecule has 0 saturated heterocycles. The summed E-state index contributed by atoms with van der Waals surface area (Å²) in [6.45, 7) is 3.78. The Morgan fingerprint density at radius 2 is 2.31 bits per heavy atom. The fourth-order valence-electron chi connectivity index (χ4n) is 0.854. The minimum Gasteiger partial charge on any atom is -0.396 e. The van der Waals surface area contributed by atoms with Gasteiger partial charge in [0.25, 0.3) is 0 Å². The number of hydrogen-bond acceptors (Lipinski definition) is 3. The number of hydrogen-bond donors (Lipinski definition) is 2. The largest absolute Gasteiger partial charge is 0.396 e. The van der Waals surface area contributed by atoms with Gasteiger partial charge in [0.1, 0.15) is 5.82 Å². The lowest BCUT2D eigenvalue weighted by Crippen LogP contribution is -2.29. The lowest BCUT2D eigenvalue weighted by Gasteiger charge is -2.20. The average molecular weight is 175 g/mol. The molecule has 0 saturated carbocycles. The van der Waals surface area contributed by atoms with Crippen molar-refractivity contribution in [2.45, 2.75) is 19.4 Å². The number of nitrogens with zero attached hydrogens (tertiary/aromatic N) is 1. The molecule has 0 radical (unpaired) electrons. The van der Waals surface area contributed by atoms with Gasteiger partial charge in [0.2, 0.25) is 0 Å². The van der Waals surface area contributed by atoms with Crippen LogP contribution in [-0.2, 0) is 0 Å². The van der Waals surface area contributed by atoms with Crippen molar-refractivity contribution >= 4 is 11.5 Å². The zero-order valence-electron chi connectivity index (χ0n) is 7.83. The second-order valence-electron chi connectivity index (χ2n) is 3.34. The molecule has 0 atom stereocenters. The first-order valence-corrected chi connectivity index (χ1v) is 4.01. The number of nitrogens with one attached hydrogen (secondary N) is 1. The zero-order valence-corrected chi connectivity index (χ0v) is 7.83. The van der Waals surface area contributed by atoms with Crippen LogP contribution in [0.5, 0.6) is 0 Å². The van der Waals surface area contributed by atoms with Crippen molar-refractivity contribution in [3.05, 3.63) is 18.3 Å². The summed E-state index contributed by atoms with van der Waals surface area (Å²) < 4.78 is 0. The fraction of sp³-hybridized carbons (Fsp3) is 0.300. The van der Waals surface area contributed by atoms with Gasteiger partial charge in [-0.2, -0.15) is 0 Å². The molecule has 1 aromatic rings. The highest BCUT2D eigenvalue weighted by molar-refractivity contribution is 5.62. The molecule has 68 valence electrons. The molecule has 0 spiro atoms. The summed E-state index contributed by atoms with van der Waals surface area (Å²) in [4.78, 5) is 4.08. The van der Waals surface area contributed by atoms with Crippen LogP contribution in [0.1, 0.15) is 13.8 Å². The Morgan fingerprint density at radius 1 is 1.62 bits per heavy atom. The smallest absolute Gasteiger partial charge is 0.150 e. The number of pyridine rings is 1. The second kappa shape index (κ2) is 3.36. The second-order valence-corrected chi connectivity index (χ2v) is 3.34. The van der Waals surface area contributed by atoms with E-state index in [0.29, 0.717) is 11.5 Å². The van der Waals surface area contributed by atoms with Crippen LogP contribution in [0.25, 0.3) is 0 Å². The fourth-order valence-corrected chi connectivity index (χ4v) is 0.854. The lowest BCUT2D eigenvalue weighted by atomic mass is 10.1. The molecule has 1 heterocycles. The SMILES string of the molecule is C#CC(C)(C)Nc1ncccc1N. The van der Waals surface area contributed by atoms with Crippen LogP contribution in [0.3, 0.4) is 0 Å². The van der Waals surface area contributed by atoms with E-state index >= 15 is 0 Å². The number of nitrogen functional groups attached to an aromatic ring is 1. The van der Waals surface area contributed by atoms with E-state index in [1.807, 2.05) is 13.8 Å². The molecule has 13 heavy (non-hydrogen) atoms. The maximum Gasteiger partial charge on any atom is 0.150 e. The summed E-state index contributed by atoms with van der Waals surface area (Å²) in [5, 5.41) is 3.06. The number of terminal acetylenes is 1. The first-order chi connectivity index (χ1) is 6.05. The normalized spacial score (nSPS) is 10.5. The molecular weight excluding hydrogens is 162 g/mol. The van der Waals surface area contributed by atoms with E-state index in [-0.39, 0.29) is 0 Å².